The van der Waals surface area contributed by atoms with E-state index >= 15 is 0 Å². The highest BCUT2D eigenvalue weighted by atomic mass is 32.1. The lowest BCUT2D eigenvalue weighted by molar-refractivity contribution is 0.304. The molecule has 1 fully saturated rings. The molecule has 0 unspecified atom stereocenters. The maximum Gasteiger partial charge on any atom is 0.184 e. The fourth-order valence-electron chi connectivity index (χ4n) is 4.00. The van der Waals surface area contributed by atoms with Crippen molar-refractivity contribution in [3.63, 3.8) is 0 Å². The van der Waals surface area contributed by atoms with E-state index in [4.69, 9.17) is 12.2 Å². The van der Waals surface area contributed by atoms with Crippen LogP contribution in [0.15, 0.2) is 24.3 Å². The number of tetrazole rings is 1. The number of fused-ring (bicyclic) bond motifs is 3. The number of nitrogens with one attached hydrogen (secondary N) is 1. The van der Waals surface area contributed by atoms with Crippen molar-refractivity contribution in [2.24, 2.45) is 0 Å². The van der Waals surface area contributed by atoms with Crippen molar-refractivity contribution >= 4 is 33.9 Å². The molecule has 0 spiro atoms. The lowest BCUT2D eigenvalue weighted by Gasteiger charge is -2.32. The van der Waals surface area contributed by atoms with Crippen molar-refractivity contribution in [3.8, 4) is 0 Å². The summed E-state index contributed by atoms with van der Waals surface area (Å²) in [7, 11) is 0. The number of benzene rings is 1. The van der Waals surface area contributed by atoms with Crippen LogP contribution in [0.25, 0.3) is 16.6 Å². The molecule has 142 valence electrons. The molecule has 0 amide bonds. The van der Waals surface area contributed by atoms with Crippen molar-refractivity contribution in [1.82, 2.24) is 30.3 Å². The summed E-state index contributed by atoms with van der Waals surface area (Å²) in [4.78, 5) is 2.35. The van der Waals surface area contributed by atoms with Gasteiger partial charge in [-0.1, -0.05) is 31.4 Å². The molecule has 0 saturated heterocycles. The predicted octanol–water partition coefficient (Wildman–Crippen LogP) is 3.62. The molecule has 0 atom stereocenters. The minimum Gasteiger partial charge on any atom is -0.363 e. The molecule has 1 N–H and O–H groups in total. The van der Waals surface area contributed by atoms with E-state index in [1.54, 1.807) is 0 Å². The Morgan fingerprint density at radius 3 is 2.89 bits per heavy atom. The number of nitrogens with zero attached hydrogens (tertiary/aromatic N) is 5. The van der Waals surface area contributed by atoms with Crippen LogP contribution in [-0.4, -0.2) is 42.6 Å². The fourth-order valence-corrected chi connectivity index (χ4v) is 4.32. The van der Waals surface area contributed by atoms with Gasteiger partial charge in [0.05, 0.1) is 5.52 Å². The number of aromatic nitrogens is 4. The van der Waals surface area contributed by atoms with Crippen LogP contribution in [0.5, 0.6) is 0 Å². The smallest absolute Gasteiger partial charge is 0.184 e. The molecule has 3 aromatic rings. The minimum atomic E-state index is 0.492. The summed E-state index contributed by atoms with van der Waals surface area (Å²) in [5.41, 5.74) is 4.19. The van der Waals surface area contributed by atoms with Gasteiger partial charge in [-0.3, -0.25) is 0 Å². The van der Waals surface area contributed by atoms with Crippen molar-refractivity contribution in [1.29, 1.82) is 0 Å². The van der Waals surface area contributed by atoms with Gasteiger partial charge in [-0.05, 0) is 67.0 Å². The van der Waals surface area contributed by atoms with Gasteiger partial charge < -0.3 is 10.2 Å². The van der Waals surface area contributed by atoms with E-state index in [0.29, 0.717) is 6.04 Å². The second-order valence-electron chi connectivity index (χ2n) is 7.44. The van der Waals surface area contributed by atoms with Crippen molar-refractivity contribution in [2.45, 2.75) is 58.5 Å². The Morgan fingerprint density at radius 2 is 2.11 bits per heavy atom. The third-order valence-corrected chi connectivity index (χ3v) is 5.77. The van der Waals surface area contributed by atoms with E-state index in [1.807, 2.05) is 4.52 Å². The molecule has 1 saturated carbocycles. The maximum absolute atomic E-state index is 5.75. The standard InChI is InChI=1S/C20H26N6S/c1-3-10-21-20(27)25(17-6-4-5-7-17)13-16-12-15-11-14(2)8-9-18(15)26-19(16)22-23-24-26/h8-9,11-12,17H,3-7,10,13H2,1-2H3,(H,21,27). The lowest BCUT2D eigenvalue weighted by Crippen LogP contribution is -2.44. The highest BCUT2D eigenvalue weighted by Gasteiger charge is 2.26. The molecule has 1 aromatic carbocycles. The zero-order chi connectivity index (χ0) is 18.8. The third-order valence-electron chi connectivity index (χ3n) is 5.39. The Hall–Kier alpha value is -2.28. The van der Waals surface area contributed by atoms with Crippen LogP contribution < -0.4 is 5.32 Å². The zero-order valence-corrected chi connectivity index (χ0v) is 16.8. The first-order chi connectivity index (χ1) is 13.2. The predicted molar refractivity (Wildman–Crippen MR) is 112 cm³/mol. The number of aryl methyl sites for hydroxylation is 1. The Labute approximate surface area is 164 Å². The summed E-state index contributed by atoms with van der Waals surface area (Å²) in [6.07, 6.45) is 6.00. The molecule has 4 rings (SSSR count). The van der Waals surface area contributed by atoms with E-state index in [1.165, 1.54) is 31.2 Å². The quantitative estimate of drug-likeness (QED) is 0.680. The molecule has 1 aliphatic rings. The number of pyridine rings is 1. The van der Waals surface area contributed by atoms with Crippen LogP contribution in [0.4, 0.5) is 0 Å². The van der Waals surface area contributed by atoms with E-state index < -0.39 is 0 Å². The molecule has 0 aliphatic heterocycles. The Balaban J connectivity index is 1.74. The molecule has 2 aromatic heterocycles. The number of rotatable bonds is 5. The van der Waals surface area contributed by atoms with Crippen LogP contribution in [-0.2, 0) is 6.54 Å². The SMILES string of the molecule is CCCNC(=S)N(Cc1cc2cc(C)ccc2n2nnnc12)C1CCCC1. The minimum absolute atomic E-state index is 0.492. The van der Waals surface area contributed by atoms with Crippen molar-refractivity contribution < 1.29 is 0 Å². The molecule has 6 nitrogen and oxygen atoms in total. The van der Waals surface area contributed by atoms with E-state index in [-0.39, 0.29) is 0 Å². The van der Waals surface area contributed by atoms with Gasteiger partial charge in [-0.2, -0.15) is 4.52 Å². The van der Waals surface area contributed by atoms with Crippen LogP contribution in [0.2, 0.25) is 0 Å². The van der Waals surface area contributed by atoms with Gasteiger partial charge in [0.15, 0.2) is 10.8 Å². The van der Waals surface area contributed by atoms with Crippen LogP contribution >= 0.6 is 12.2 Å². The molecule has 7 heteroatoms. The molecule has 27 heavy (non-hydrogen) atoms. The molecule has 2 heterocycles. The summed E-state index contributed by atoms with van der Waals surface area (Å²) in [5, 5.41) is 17.9. The zero-order valence-electron chi connectivity index (χ0n) is 16.0. The van der Waals surface area contributed by atoms with Crippen molar-refractivity contribution in [3.05, 3.63) is 35.4 Å². The highest BCUT2D eigenvalue weighted by molar-refractivity contribution is 7.80. The largest absolute Gasteiger partial charge is 0.363 e. The lowest BCUT2D eigenvalue weighted by atomic mass is 10.1. The molecule has 0 radical (unpaired) electrons. The summed E-state index contributed by atoms with van der Waals surface area (Å²) >= 11 is 5.75. The van der Waals surface area contributed by atoms with Gasteiger partial charge in [0.1, 0.15) is 0 Å². The van der Waals surface area contributed by atoms with Crippen LogP contribution in [0.3, 0.4) is 0 Å². The monoisotopic (exact) mass is 382 g/mol. The summed E-state index contributed by atoms with van der Waals surface area (Å²) in [6, 6.07) is 9.08. The van der Waals surface area contributed by atoms with Gasteiger partial charge in [0.2, 0.25) is 0 Å². The van der Waals surface area contributed by atoms with Crippen LogP contribution in [0, 0.1) is 6.92 Å². The summed E-state index contributed by atoms with van der Waals surface area (Å²) in [6.45, 7) is 5.90. The average Bonchev–Trinajstić information content (AvgIpc) is 3.35. The van der Waals surface area contributed by atoms with Gasteiger partial charge in [0, 0.05) is 30.1 Å². The first kappa shape index (κ1) is 18.1. The highest BCUT2D eigenvalue weighted by Crippen LogP contribution is 2.27. The first-order valence-electron chi connectivity index (χ1n) is 9.82. The maximum atomic E-state index is 5.75. The topological polar surface area (TPSA) is 58.4 Å². The van der Waals surface area contributed by atoms with E-state index in [9.17, 15) is 0 Å². The Bertz CT molecular complexity index is 960. The third kappa shape index (κ3) is 3.60. The van der Waals surface area contributed by atoms with Gasteiger partial charge in [-0.25, -0.2) is 0 Å². The second-order valence-corrected chi connectivity index (χ2v) is 7.83. The second kappa shape index (κ2) is 7.76. The molecule has 1 aliphatic carbocycles. The Kier molecular flexibility index (Phi) is 5.20. The van der Waals surface area contributed by atoms with Crippen molar-refractivity contribution in [2.75, 3.05) is 6.54 Å². The molecular formula is C20H26N6S. The van der Waals surface area contributed by atoms with Gasteiger partial charge >= 0.3 is 0 Å². The van der Waals surface area contributed by atoms with Gasteiger partial charge in [-0.15, -0.1) is 5.10 Å². The van der Waals surface area contributed by atoms with E-state index in [2.05, 4.69) is 63.9 Å². The normalized spacial score (nSPS) is 14.9. The molecular weight excluding hydrogens is 356 g/mol. The summed E-state index contributed by atoms with van der Waals surface area (Å²) < 4.78 is 1.85. The Morgan fingerprint density at radius 1 is 1.30 bits per heavy atom. The van der Waals surface area contributed by atoms with Gasteiger partial charge in [0.25, 0.3) is 0 Å². The summed E-state index contributed by atoms with van der Waals surface area (Å²) in [5.74, 6) is 0. The average molecular weight is 383 g/mol. The fraction of sp³-hybridized carbons (Fsp3) is 0.500. The number of hydrogen-bond acceptors (Lipinski definition) is 4. The molecule has 0 bridgehead atoms. The first-order valence-corrected chi connectivity index (χ1v) is 10.2. The number of thiocarbonyl (C=S) groups is 1. The van der Waals surface area contributed by atoms with Crippen LogP contribution in [0.1, 0.15) is 50.2 Å². The van der Waals surface area contributed by atoms with E-state index in [0.717, 1.165) is 46.7 Å². The number of hydrogen-bond donors (Lipinski definition) is 1.